The summed E-state index contributed by atoms with van der Waals surface area (Å²) in [5.74, 6) is 0.568. The van der Waals surface area contributed by atoms with Gasteiger partial charge >= 0.3 is 0 Å². The third-order valence-corrected chi connectivity index (χ3v) is 3.77. The zero-order chi connectivity index (χ0) is 10.3. The van der Waals surface area contributed by atoms with Crippen molar-refractivity contribution in [1.82, 2.24) is 4.98 Å². The monoisotopic (exact) mass is 269 g/mol. The average molecular weight is 270 g/mol. The van der Waals surface area contributed by atoms with Gasteiger partial charge in [0, 0.05) is 4.47 Å². The van der Waals surface area contributed by atoms with Crippen molar-refractivity contribution < 1.29 is 0 Å². The van der Waals surface area contributed by atoms with Crippen molar-refractivity contribution >= 4 is 37.5 Å². The SMILES string of the molecule is Cc1nc2c(Br)cc(C(C)C)cc2s1. The normalized spacial score (nSPS) is 11.5. The number of fused-ring (bicyclic) bond motifs is 1. The molecule has 0 atom stereocenters. The van der Waals surface area contributed by atoms with Crippen LogP contribution in [0.15, 0.2) is 16.6 Å². The highest BCUT2D eigenvalue weighted by atomic mass is 79.9. The Labute approximate surface area is 96.3 Å². The van der Waals surface area contributed by atoms with Gasteiger partial charge in [-0.15, -0.1) is 11.3 Å². The molecule has 1 nitrogen and oxygen atoms in total. The van der Waals surface area contributed by atoms with Crippen LogP contribution in [0.5, 0.6) is 0 Å². The van der Waals surface area contributed by atoms with Crippen LogP contribution in [0.4, 0.5) is 0 Å². The predicted molar refractivity (Wildman–Crippen MR) is 66.1 cm³/mol. The summed E-state index contributed by atoms with van der Waals surface area (Å²) in [6, 6.07) is 4.42. The summed E-state index contributed by atoms with van der Waals surface area (Å²) in [5.41, 5.74) is 2.46. The zero-order valence-electron chi connectivity index (χ0n) is 8.47. The second-order valence-electron chi connectivity index (χ2n) is 3.74. The van der Waals surface area contributed by atoms with Crippen LogP contribution in [0.25, 0.3) is 10.2 Å². The third-order valence-electron chi connectivity index (χ3n) is 2.24. The van der Waals surface area contributed by atoms with Crippen molar-refractivity contribution in [2.24, 2.45) is 0 Å². The molecule has 74 valence electrons. The molecule has 0 bridgehead atoms. The molecule has 1 aromatic carbocycles. The molecule has 0 aliphatic heterocycles. The first-order chi connectivity index (χ1) is 6.58. The minimum Gasteiger partial charge on any atom is -0.240 e. The number of aryl methyl sites for hydroxylation is 1. The summed E-state index contributed by atoms with van der Waals surface area (Å²) in [5, 5.41) is 1.13. The topological polar surface area (TPSA) is 12.9 Å². The van der Waals surface area contributed by atoms with E-state index in [1.165, 1.54) is 10.3 Å². The molecule has 0 aliphatic rings. The lowest BCUT2D eigenvalue weighted by atomic mass is 10.0. The van der Waals surface area contributed by atoms with Crippen LogP contribution in [-0.2, 0) is 0 Å². The van der Waals surface area contributed by atoms with E-state index in [1.807, 2.05) is 6.92 Å². The number of aromatic nitrogens is 1. The Balaban J connectivity index is 2.71. The third kappa shape index (κ3) is 1.71. The first-order valence-electron chi connectivity index (χ1n) is 4.64. The van der Waals surface area contributed by atoms with E-state index in [9.17, 15) is 0 Å². The van der Waals surface area contributed by atoms with Gasteiger partial charge in [-0.3, -0.25) is 0 Å². The van der Waals surface area contributed by atoms with Gasteiger partial charge in [0.15, 0.2) is 0 Å². The van der Waals surface area contributed by atoms with Crippen molar-refractivity contribution in [3.05, 3.63) is 27.2 Å². The maximum atomic E-state index is 4.48. The largest absolute Gasteiger partial charge is 0.240 e. The number of hydrogen-bond acceptors (Lipinski definition) is 2. The minimum absolute atomic E-state index is 0.568. The van der Waals surface area contributed by atoms with Crippen LogP contribution >= 0.6 is 27.3 Å². The highest BCUT2D eigenvalue weighted by Crippen LogP contribution is 2.31. The molecule has 2 aromatic rings. The van der Waals surface area contributed by atoms with Gasteiger partial charge in [-0.1, -0.05) is 13.8 Å². The number of thiazole rings is 1. The van der Waals surface area contributed by atoms with Gasteiger partial charge in [-0.2, -0.15) is 0 Å². The highest BCUT2D eigenvalue weighted by Gasteiger charge is 2.08. The van der Waals surface area contributed by atoms with Crippen LogP contribution in [-0.4, -0.2) is 4.98 Å². The lowest BCUT2D eigenvalue weighted by molar-refractivity contribution is 0.868. The Kier molecular flexibility index (Phi) is 2.62. The Hall–Kier alpha value is -0.410. The van der Waals surface area contributed by atoms with Crippen molar-refractivity contribution in [2.45, 2.75) is 26.7 Å². The van der Waals surface area contributed by atoms with Crippen LogP contribution in [0.3, 0.4) is 0 Å². The number of halogens is 1. The van der Waals surface area contributed by atoms with E-state index < -0.39 is 0 Å². The van der Waals surface area contributed by atoms with Crippen LogP contribution in [0.1, 0.15) is 30.3 Å². The van der Waals surface area contributed by atoms with E-state index in [1.54, 1.807) is 11.3 Å². The van der Waals surface area contributed by atoms with E-state index in [2.05, 4.69) is 46.9 Å². The molecular formula is C11H12BrNS. The molecule has 0 radical (unpaired) electrons. The molecular weight excluding hydrogens is 258 g/mol. The van der Waals surface area contributed by atoms with Gasteiger partial charge < -0.3 is 0 Å². The van der Waals surface area contributed by atoms with E-state index in [4.69, 9.17) is 0 Å². The Bertz CT molecular complexity index is 473. The molecule has 2 rings (SSSR count). The fourth-order valence-electron chi connectivity index (χ4n) is 1.45. The molecule has 1 aromatic heterocycles. The van der Waals surface area contributed by atoms with Crippen molar-refractivity contribution in [3.63, 3.8) is 0 Å². The maximum Gasteiger partial charge on any atom is 0.0957 e. The summed E-state index contributed by atoms with van der Waals surface area (Å²) in [4.78, 5) is 4.48. The molecule has 0 spiro atoms. The Morgan fingerprint density at radius 3 is 2.71 bits per heavy atom. The zero-order valence-corrected chi connectivity index (χ0v) is 10.9. The molecule has 0 aliphatic carbocycles. The van der Waals surface area contributed by atoms with Gasteiger partial charge in [-0.05, 0) is 46.5 Å². The molecule has 0 saturated heterocycles. The predicted octanol–water partition coefficient (Wildman–Crippen LogP) is 4.49. The molecule has 3 heteroatoms. The number of rotatable bonds is 1. The summed E-state index contributed by atoms with van der Waals surface area (Å²) in [6.45, 7) is 6.47. The molecule has 0 amide bonds. The van der Waals surface area contributed by atoms with Gasteiger partial charge in [0.1, 0.15) is 0 Å². The maximum absolute atomic E-state index is 4.48. The number of benzene rings is 1. The van der Waals surface area contributed by atoms with Crippen LogP contribution < -0.4 is 0 Å². The van der Waals surface area contributed by atoms with Gasteiger partial charge in [0.05, 0.1) is 15.2 Å². The van der Waals surface area contributed by atoms with E-state index in [0.29, 0.717) is 5.92 Å². The summed E-state index contributed by atoms with van der Waals surface area (Å²) in [7, 11) is 0. The summed E-state index contributed by atoms with van der Waals surface area (Å²) >= 11 is 5.33. The number of nitrogens with zero attached hydrogens (tertiary/aromatic N) is 1. The first kappa shape index (κ1) is 10.1. The lowest BCUT2D eigenvalue weighted by Crippen LogP contribution is -1.86. The second-order valence-corrected chi connectivity index (χ2v) is 5.83. The summed E-state index contributed by atoms with van der Waals surface area (Å²) < 4.78 is 2.39. The highest BCUT2D eigenvalue weighted by molar-refractivity contribution is 9.10. The Morgan fingerprint density at radius 1 is 1.36 bits per heavy atom. The smallest absolute Gasteiger partial charge is 0.0957 e. The molecule has 0 unspecified atom stereocenters. The fraction of sp³-hybridized carbons (Fsp3) is 0.364. The molecule has 1 heterocycles. The van der Waals surface area contributed by atoms with Crippen molar-refractivity contribution in [1.29, 1.82) is 0 Å². The van der Waals surface area contributed by atoms with Crippen molar-refractivity contribution in [2.75, 3.05) is 0 Å². The second kappa shape index (κ2) is 3.63. The Morgan fingerprint density at radius 2 is 2.07 bits per heavy atom. The average Bonchev–Trinajstić information content (AvgIpc) is 2.45. The lowest BCUT2D eigenvalue weighted by Gasteiger charge is -2.05. The quantitative estimate of drug-likeness (QED) is 0.744. The molecule has 0 N–H and O–H groups in total. The van der Waals surface area contributed by atoms with E-state index in [0.717, 1.165) is 15.0 Å². The summed E-state index contributed by atoms with van der Waals surface area (Å²) in [6.07, 6.45) is 0. The van der Waals surface area contributed by atoms with Gasteiger partial charge in [0.25, 0.3) is 0 Å². The van der Waals surface area contributed by atoms with Crippen LogP contribution in [0.2, 0.25) is 0 Å². The minimum atomic E-state index is 0.568. The molecule has 14 heavy (non-hydrogen) atoms. The van der Waals surface area contributed by atoms with Crippen LogP contribution in [0, 0.1) is 6.92 Å². The van der Waals surface area contributed by atoms with Crippen molar-refractivity contribution in [3.8, 4) is 0 Å². The fourth-order valence-corrected chi connectivity index (χ4v) is 3.05. The standard InChI is InChI=1S/C11H12BrNS/c1-6(2)8-4-9(12)11-10(5-8)14-7(3)13-11/h4-6H,1-3H3. The molecule has 0 saturated carbocycles. The van der Waals surface area contributed by atoms with E-state index in [-0.39, 0.29) is 0 Å². The number of hydrogen-bond donors (Lipinski definition) is 0. The first-order valence-corrected chi connectivity index (χ1v) is 6.25. The van der Waals surface area contributed by atoms with Gasteiger partial charge in [0.2, 0.25) is 0 Å². The van der Waals surface area contributed by atoms with E-state index >= 15 is 0 Å². The van der Waals surface area contributed by atoms with Gasteiger partial charge in [-0.25, -0.2) is 4.98 Å². The molecule has 0 fully saturated rings.